The highest BCUT2D eigenvalue weighted by Crippen LogP contribution is 2.31. The Morgan fingerprint density at radius 3 is 2.59 bits per heavy atom. The predicted molar refractivity (Wildman–Crippen MR) is 80.8 cm³/mol. The molecule has 0 aromatic heterocycles. The van der Waals surface area contributed by atoms with Crippen LogP contribution in [0.1, 0.15) is 19.4 Å². The van der Waals surface area contributed by atoms with Gasteiger partial charge in [0, 0.05) is 40.3 Å². The van der Waals surface area contributed by atoms with Gasteiger partial charge in [-0.3, -0.25) is 0 Å². The first-order chi connectivity index (χ1) is 8.10. The molecule has 4 heteroatoms. The van der Waals surface area contributed by atoms with Crippen molar-refractivity contribution in [2.24, 2.45) is 5.73 Å². The molecule has 2 rings (SSSR count). The second kappa shape index (κ2) is 5.63. The largest absolute Gasteiger partial charge is 0.369 e. The number of hydrogen-bond acceptors (Lipinski definition) is 3. The lowest BCUT2D eigenvalue weighted by molar-refractivity contribution is 0.724. The minimum Gasteiger partial charge on any atom is -0.369 e. The van der Waals surface area contributed by atoms with Crippen molar-refractivity contribution in [3.05, 3.63) is 28.2 Å². The average molecular weight is 315 g/mol. The summed E-state index contributed by atoms with van der Waals surface area (Å²) in [5, 5.41) is 1.38. The van der Waals surface area contributed by atoms with Gasteiger partial charge in [0.05, 0.1) is 0 Å². The first-order valence-corrected chi connectivity index (χ1v) is 7.72. The maximum Gasteiger partial charge on any atom is 0.0413 e. The molecule has 2 unspecified atom stereocenters. The predicted octanol–water partition coefficient (Wildman–Crippen LogP) is 3.24. The van der Waals surface area contributed by atoms with E-state index in [1.54, 1.807) is 0 Å². The van der Waals surface area contributed by atoms with Gasteiger partial charge in [-0.05, 0) is 23.8 Å². The Labute approximate surface area is 116 Å². The van der Waals surface area contributed by atoms with Crippen LogP contribution in [0.25, 0.3) is 0 Å². The molecular weight excluding hydrogens is 296 g/mol. The molecule has 17 heavy (non-hydrogen) atoms. The SMILES string of the molecule is CC1CN(c2ccc(Br)cc2CN)CC(C)S1. The summed E-state index contributed by atoms with van der Waals surface area (Å²) in [4.78, 5) is 2.47. The van der Waals surface area contributed by atoms with Gasteiger partial charge in [-0.15, -0.1) is 0 Å². The fourth-order valence-electron chi connectivity index (χ4n) is 2.40. The van der Waals surface area contributed by atoms with Gasteiger partial charge < -0.3 is 10.6 Å². The van der Waals surface area contributed by atoms with Gasteiger partial charge in [-0.1, -0.05) is 29.8 Å². The van der Waals surface area contributed by atoms with Crippen molar-refractivity contribution in [2.75, 3.05) is 18.0 Å². The van der Waals surface area contributed by atoms with Gasteiger partial charge in [0.2, 0.25) is 0 Å². The van der Waals surface area contributed by atoms with E-state index in [-0.39, 0.29) is 0 Å². The van der Waals surface area contributed by atoms with Crippen LogP contribution in [0.5, 0.6) is 0 Å². The Balaban J connectivity index is 2.26. The molecule has 1 aromatic rings. The molecule has 0 spiro atoms. The van der Waals surface area contributed by atoms with Crippen LogP contribution < -0.4 is 10.6 Å². The third kappa shape index (κ3) is 3.18. The van der Waals surface area contributed by atoms with Crippen molar-refractivity contribution in [3.63, 3.8) is 0 Å². The van der Waals surface area contributed by atoms with Crippen LogP contribution in [0, 0.1) is 0 Å². The number of thioether (sulfide) groups is 1. The Bertz CT molecular complexity index is 387. The molecule has 0 amide bonds. The Morgan fingerprint density at radius 1 is 1.35 bits per heavy atom. The first-order valence-electron chi connectivity index (χ1n) is 5.99. The van der Waals surface area contributed by atoms with Crippen molar-refractivity contribution >= 4 is 33.4 Å². The number of halogens is 1. The molecule has 1 aliphatic rings. The number of nitrogens with zero attached hydrogens (tertiary/aromatic N) is 1. The van der Waals surface area contributed by atoms with Crippen molar-refractivity contribution < 1.29 is 0 Å². The molecule has 0 aliphatic carbocycles. The van der Waals surface area contributed by atoms with Crippen LogP contribution in [0.15, 0.2) is 22.7 Å². The summed E-state index contributed by atoms with van der Waals surface area (Å²) in [6.07, 6.45) is 0. The molecule has 0 bridgehead atoms. The average Bonchev–Trinajstić information content (AvgIpc) is 2.27. The molecule has 2 N–H and O–H groups in total. The Hall–Kier alpha value is -0.190. The van der Waals surface area contributed by atoms with E-state index in [9.17, 15) is 0 Å². The van der Waals surface area contributed by atoms with E-state index in [0.29, 0.717) is 17.0 Å². The van der Waals surface area contributed by atoms with Gasteiger partial charge in [0.25, 0.3) is 0 Å². The van der Waals surface area contributed by atoms with Crippen molar-refractivity contribution in [3.8, 4) is 0 Å². The van der Waals surface area contributed by atoms with E-state index < -0.39 is 0 Å². The number of hydrogen-bond donors (Lipinski definition) is 1. The Kier molecular flexibility index (Phi) is 4.39. The molecule has 1 aromatic carbocycles. The topological polar surface area (TPSA) is 29.3 Å². The molecule has 1 heterocycles. The smallest absolute Gasteiger partial charge is 0.0413 e. The third-order valence-corrected chi connectivity index (χ3v) is 4.74. The maximum atomic E-state index is 5.84. The molecule has 2 atom stereocenters. The summed E-state index contributed by atoms with van der Waals surface area (Å²) < 4.78 is 1.11. The number of nitrogens with two attached hydrogens (primary N) is 1. The molecular formula is C13H19BrN2S. The van der Waals surface area contributed by atoms with Gasteiger partial charge in [-0.2, -0.15) is 11.8 Å². The second-order valence-corrected chi connectivity index (χ2v) is 7.44. The monoisotopic (exact) mass is 314 g/mol. The van der Waals surface area contributed by atoms with E-state index in [4.69, 9.17) is 5.73 Å². The highest BCUT2D eigenvalue weighted by atomic mass is 79.9. The van der Waals surface area contributed by atoms with Crippen LogP contribution in [-0.4, -0.2) is 23.6 Å². The highest BCUT2D eigenvalue weighted by Gasteiger charge is 2.23. The fourth-order valence-corrected chi connectivity index (χ4v) is 4.13. The zero-order valence-electron chi connectivity index (χ0n) is 10.3. The zero-order chi connectivity index (χ0) is 12.4. The van der Waals surface area contributed by atoms with Crippen molar-refractivity contribution in [1.29, 1.82) is 0 Å². The minimum absolute atomic E-state index is 0.598. The van der Waals surface area contributed by atoms with E-state index >= 15 is 0 Å². The summed E-state index contributed by atoms with van der Waals surface area (Å²) in [6, 6.07) is 6.42. The lowest BCUT2D eigenvalue weighted by Gasteiger charge is -2.37. The van der Waals surface area contributed by atoms with E-state index in [2.05, 4.69) is 64.6 Å². The van der Waals surface area contributed by atoms with Crippen molar-refractivity contribution in [2.45, 2.75) is 30.9 Å². The van der Waals surface area contributed by atoms with Crippen molar-refractivity contribution in [1.82, 2.24) is 0 Å². The summed E-state index contributed by atoms with van der Waals surface area (Å²) in [6.45, 7) is 7.43. The number of benzene rings is 1. The quantitative estimate of drug-likeness (QED) is 0.908. The van der Waals surface area contributed by atoms with E-state index in [1.807, 2.05) is 0 Å². The molecule has 1 saturated heterocycles. The van der Waals surface area contributed by atoms with Crippen LogP contribution in [0.4, 0.5) is 5.69 Å². The van der Waals surface area contributed by atoms with Crippen LogP contribution in [0.3, 0.4) is 0 Å². The van der Waals surface area contributed by atoms with Crippen LogP contribution in [-0.2, 0) is 6.54 Å². The van der Waals surface area contributed by atoms with Crippen LogP contribution >= 0.6 is 27.7 Å². The van der Waals surface area contributed by atoms with Gasteiger partial charge in [-0.25, -0.2) is 0 Å². The fraction of sp³-hybridized carbons (Fsp3) is 0.538. The summed E-state index contributed by atoms with van der Waals surface area (Å²) >= 11 is 5.58. The summed E-state index contributed by atoms with van der Waals surface area (Å²) in [5.41, 5.74) is 8.37. The molecule has 2 nitrogen and oxygen atoms in total. The number of rotatable bonds is 2. The second-order valence-electron chi connectivity index (χ2n) is 4.64. The molecule has 1 fully saturated rings. The Morgan fingerprint density at radius 2 is 2.00 bits per heavy atom. The number of anilines is 1. The first kappa shape index (κ1) is 13.2. The highest BCUT2D eigenvalue weighted by molar-refractivity contribution is 9.10. The zero-order valence-corrected chi connectivity index (χ0v) is 12.7. The minimum atomic E-state index is 0.598. The molecule has 0 saturated carbocycles. The maximum absolute atomic E-state index is 5.84. The summed E-state index contributed by atoms with van der Waals surface area (Å²) in [7, 11) is 0. The normalized spacial score (nSPS) is 25.1. The lowest BCUT2D eigenvalue weighted by atomic mass is 10.1. The molecule has 94 valence electrons. The van der Waals surface area contributed by atoms with Gasteiger partial charge >= 0.3 is 0 Å². The van der Waals surface area contributed by atoms with Gasteiger partial charge in [0.15, 0.2) is 0 Å². The van der Waals surface area contributed by atoms with Gasteiger partial charge in [0.1, 0.15) is 0 Å². The summed E-state index contributed by atoms with van der Waals surface area (Å²) in [5.74, 6) is 0. The standard InChI is InChI=1S/C13H19BrN2S/c1-9-7-16(8-10(2)17-9)13-4-3-12(14)5-11(13)6-15/h3-5,9-10H,6-8,15H2,1-2H3. The molecule has 0 radical (unpaired) electrons. The lowest BCUT2D eigenvalue weighted by Crippen LogP contribution is -2.41. The van der Waals surface area contributed by atoms with E-state index in [1.165, 1.54) is 11.3 Å². The third-order valence-electron chi connectivity index (χ3n) is 3.02. The van der Waals surface area contributed by atoms with E-state index in [0.717, 1.165) is 17.6 Å². The van der Waals surface area contributed by atoms with Crippen LogP contribution in [0.2, 0.25) is 0 Å². The molecule has 1 aliphatic heterocycles.